The number of benzene rings is 2. The average Bonchev–Trinajstić information content (AvgIpc) is 2.75. The monoisotopic (exact) mass is 425 g/mol. The number of fused-ring (bicyclic) bond motifs is 1. The number of carbonyl (C=O) groups is 1. The summed E-state index contributed by atoms with van der Waals surface area (Å²) in [5, 5.41) is 0.847. The number of piperidine rings is 1. The second-order valence-electron chi connectivity index (χ2n) is 7.84. The van der Waals surface area contributed by atoms with Crippen LogP contribution in [0.15, 0.2) is 52.4 Å². The van der Waals surface area contributed by atoms with E-state index in [9.17, 15) is 14.0 Å². The van der Waals surface area contributed by atoms with E-state index in [1.165, 1.54) is 22.4 Å². The molecule has 2 aromatic carbocycles. The summed E-state index contributed by atoms with van der Waals surface area (Å²) >= 11 is 1.22. The Labute approximate surface area is 178 Å². The summed E-state index contributed by atoms with van der Waals surface area (Å²) in [6.45, 7) is 5.41. The fraction of sp³-hybridized carbons (Fsp3) is 0.348. The molecule has 1 fully saturated rings. The molecule has 1 saturated heterocycles. The van der Waals surface area contributed by atoms with Crippen LogP contribution in [-0.4, -0.2) is 39.2 Å². The van der Waals surface area contributed by atoms with Crippen molar-refractivity contribution in [3.8, 4) is 5.69 Å². The van der Waals surface area contributed by atoms with E-state index < -0.39 is 0 Å². The summed E-state index contributed by atoms with van der Waals surface area (Å²) in [4.78, 5) is 32.4. The van der Waals surface area contributed by atoms with Crippen molar-refractivity contribution >= 4 is 28.6 Å². The molecule has 1 aliphatic rings. The normalized spacial score (nSPS) is 15.0. The molecule has 1 aromatic heterocycles. The van der Waals surface area contributed by atoms with Crippen LogP contribution in [-0.2, 0) is 4.79 Å². The molecular formula is C23H24FN3O2S. The molecule has 5 nitrogen and oxygen atoms in total. The number of para-hydroxylation sites is 1. The minimum absolute atomic E-state index is 0.0379. The molecule has 0 spiro atoms. The topological polar surface area (TPSA) is 55.2 Å². The highest BCUT2D eigenvalue weighted by atomic mass is 32.2. The number of halogens is 1. The number of hydrogen-bond donors (Lipinski definition) is 0. The maximum Gasteiger partial charge on any atom is 0.266 e. The number of nitrogens with zero attached hydrogens (tertiary/aromatic N) is 3. The smallest absolute Gasteiger partial charge is 0.266 e. The Bertz CT molecular complexity index is 1150. The quantitative estimate of drug-likeness (QED) is 0.465. The lowest BCUT2D eigenvalue weighted by molar-refractivity contribution is -0.129. The standard InChI is InChI=1S/C23H24FN3O2S/c1-15-9-11-26(12-10-15)21(28)14-30-23-25-20-6-4-3-5-18(20)22(29)27(23)17-8-7-16(2)19(24)13-17/h3-8,13,15H,9-12,14H2,1-2H3. The van der Waals surface area contributed by atoms with Gasteiger partial charge in [0.05, 0.1) is 22.3 Å². The van der Waals surface area contributed by atoms with Crippen LogP contribution in [0.4, 0.5) is 4.39 Å². The Hall–Kier alpha value is -2.67. The van der Waals surface area contributed by atoms with E-state index in [1.807, 2.05) is 11.0 Å². The first-order valence-corrected chi connectivity index (χ1v) is 11.1. The van der Waals surface area contributed by atoms with Gasteiger partial charge in [0.2, 0.25) is 5.91 Å². The third-order valence-electron chi connectivity index (χ3n) is 5.62. The number of aryl methyl sites for hydroxylation is 1. The zero-order valence-corrected chi connectivity index (χ0v) is 17.9. The van der Waals surface area contributed by atoms with Gasteiger partial charge in [0, 0.05) is 13.1 Å². The largest absolute Gasteiger partial charge is 0.342 e. The Morgan fingerprint density at radius 3 is 2.67 bits per heavy atom. The van der Waals surface area contributed by atoms with E-state index in [4.69, 9.17) is 0 Å². The highest BCUT2D eigenvalue weighted by molar-refractivity contribution is 7.99. The van der Waals surface area contributed by atoms with Crippen molar-refractivity contribution in [1.29, 1.82) is 0 Å². The molecule has 0 aliphatic carbocycles. The Kier molecular flexibility index (Phi) is 5.90. The number of rotatable bonds is 4. The molecule has 30 heavy (non-hydrogen) atoms. The first-order chi connectivity index (χ1) is 14.4. The van der Waals surface area contributed by atoms with E-state index in [2.05, 4.69) is 11.9 Å². The number of amides is 1. The van der Waals surface area contributed by atoms with Crippen LogP contribution in [0, 0.1) is 18.7 Å². The van der Waals surface area contributed by atoms with E-state index >= 15 is 0 Å². The second-order valence-corrected chi connectivity index (χ2v) is 8.78. The lowest BCUT2D eigenvalue weighted by Crippen LogP contribution is -2.39. The van der Waals surface area contributed by atoms with Crippen LogP contribution in [0.3, 0.4) is 0 Å². The van der Waals surface area contributed by atoms with Gasteiger partial charge in [0.1, 0.15) is 5.82 Å². The minimum atomic E-state index is -0.387. The van der Waals surface area contributed by atoms with Crippen molar-refractivity contribution in [2.75, 3.05) is 18.8 Å². The SMILES string of the molecule is Cc1ccc(-n2c(SCC(=O)N3CCC(C)CC3)nc3ccccc3c2=O)cc1F. The fourth-order valence-corrected chi connectivity index (χ4v) is 4.55. The summed E-state index contributed by atoms with van der Waals surface area (Å²) in [7, 11) is 0. The van der Waals surface area contributed by atoms with Gasteiger partial charge in [-0.2, -0.15) is 0 Å². The number of aromatic nitrogens is 2. The lowest BCUT2D eigenvalue weighted by Gasteiger charge is -2.30. The summed E-state index contributed by atoms with van der Waals surface area (Å²) in [6.07, 6.45) is 2.02. The van der Waals surface area contributed by atoms with Crippen molar-refractivity contribution in [2.24, 2.45) is 5.92 Å². The third-order valence-corrected chi connectivity index (χ3v) is 6.54. The molecule has 3 aromatic rings. The molecule has 1 aliphatic heterocycles. The molecule has 0 bridgehead atoms. The van der Waals surface area contributed by atoms with E-state index in [1.54, 1.807) is 37.3 Å². The van der Waals surface area contributed by atoms with Crippen LogP contribution >= 0.6 is 11.8 Å². The minimum Gasteiger partial charge on any atom is -0.342 e. The van der Waals surface area contributed by atoms with E-state index in [0.717, 1.165) is 25.9 Å². The van der Waals surface area contributed by atoms with Gasteiger partial charge in [-0.3, -0.25) is 14.2 Å². The van der Waals surface area contributed by atoms with E-state index in [-0.39, 0.29) is 23.0 Å². The van der Waals surface area contributed by atoms with Gasteiger partial charge in [-0.05, 0) is 55.5 Å². The molecule has 0 radical (unpaired) electrons. The Morgan fingerprint density at radius 2 is 1.93 bits per heavy atom. The van der Waals surface area contributed by atoms with Crippen molar-refractivity contribution in [3.63, 3.8) is 0 Å². The van der Waals surface area contributed by atoms with Crippen LogP contribution in [0.1, 0.15) is 25.3 Å². The van der Waals surface area contributed by atoms with Crippen molar-refractivity contribution in [1.82, 2.24) is 14.5 Å². The molecule has 7 heteroatoms. The zero-order chi connectivity index (χ0) is 21.3. The predicted molar refractivity (Wildman–Crippen MR) is 118 cm³/mol. The summed E-state index contributed by atoms with van der Waals surface area (Å²) in [5.41, 5.74) is 1.20. The van der Waals surface area contributed by atoms with Crippen molar-refractivity contribution in [3.05, 3.63) is 64.2 Å². The lowest BCUT2D eigenvalue weighted by atomic mass is 9.99. The van der Waals surface area contributed by atoms with Gasteiger partial charge in [0.15, 0.2) is 5.16 Å². The van der Waals surface area contributed by atoms with Crippen LogP contribution in [0.25, 0.3) is 16.6 Å². The maximum absolute atomic E-state index is 14.2. The summed E-state index contributed by atoms with van der Waals surface area (Å²) in [6, 6.07) is 11.8. The zero-order valence-electron chi connectivity index (χ0n) is 17.1. The number of hydrogen-bond acceptors (Lipinski definition) is 4. The second kappa shape index (κ2) is 8.60. The molecule has 0 N–H and O–H groups in total. The van der Waals surface area contributed by atoms with Crippen LogP contribution < -0.4 is 5.56 Å². The van der Waals surface area contributed by atoms with Gasteiger partial charge in [-0.15, -0.1) is 0 Å². The van der Waals surface area contributed by atoms with Gasteiger partial charge < -0.3 is 4.90 Å². The number of likely N-dealkylation sites (tertiary alicyclic amines) is 1. The first-order valence-electron chi connectivity index (χ1n) is 10.1. The van der Waals surface area contributed by atoms with Crippen LogP contribution in [0.2, 0.25) is 0 Å². The molecule has 2 heterocycles. The average molecular weight is 426 g/mol. The number of carbonyl (C=O) groups excluding carboxylic acids is 1. The maximum atomic E-state index is 14.2. The van der Waals surface area contributed by atoms with Crippen LogP contribution in [0.5, 0.6) is 0 Å². The number of thioether (sulfide) groups is 1. The fourth-order valence-electron chi connectivity index (χ4n) is 3.63. The summed E-state index contributed by atoms with van der Waals surface area (Å²) in [5.74, 6) is 0.483. The van der Waals surface area contributed by atoms with Gasteiger partial charge >= 0.3 is 0 Å². The van der Waals surface area contributed by atoms with Gasteiger partial charge in [-0.1, -0.05) is 36.9 Å². The molecule has 4 rings (SSSR count). The third kappa shape index (κ3) is 4.12. The van der Waals surface area contributed by atoms with Crippen molar-refractivity contribution < 1.29 is 9.18 Å². The Morgan fingerprint density at radius 1 is 1.20 bits per heavy atom. The molecule has 156 valence electrons. The first kappa shape index (κ1) is 20.6. The van der Waals surface area contributed by atoms with Gasteiger partial charge in [-0.25, -0.2) is 9.37 Å². The molecular weight excluding hydrogens is 401 g/mol. The molecule has 1 amide bonds. The summed E-state index contributed by atoms with van der Waals surface area (Å²) < 4.78 is 15.6. The Balaban J connectivity index is 1.70. The highest BCUT2D eigenvalue weighted by Gasteiger charge is 2.22. The molecule has 0 unspecified atom stereocenters. The van der Waals surface area contributed by atoms with E-state index in [0.29, 0.717) is 33.2 Å². The van der Waals surface area contributed by atoms with Gasteiger partial charge in [0.25, 0.3) is 5.56 Å². The van der Waals surface area contributed by atoms with Crippen molar-refractivity contribution in [2.45, 2.75) is 31.8 Å². The molecule has 0 saturated carbocycles. The molecule has 0 atom stereocenters. The predicted octanol–water partition coefficient (Wildman–Crippen LogP) is 4.18. The highest BCUT2D eigenvalue weighted by Crippen LogP contribution is 2.24.